The summed E-state index contributed by atoms with van der Waals surface area (Å²) in [5, 5.41) is 38.2. The highest BCUT2D eigenvalue weighted by Crippen LogP contribution is 2.43. The molecule has 0 radical (unpaired) electrons. The summed E-state index contributed by atoms with van der Waals surface area (Å²) in [4.78, 5) is 31.3. The van der Waals surface area contributed by atoms with Crippen LogP contribution in [0.3, 0.4) is 0 Å². The highest BCUT2D eigenvalue weighted by Gasteiger charge is 2.25. The van der Waals surface area contributed by atoms with Crippen LogP contribution in [-0.4, -0.2) is 30.2 Å². The summed E-state index contributed by atoms with van der Waals surface area (Å²) in [6.45, 7) is 0. The summed E-state index contributed by atoms with van der Waals surface area (Å²) in [6.07, 6.45) is -0.970. The van der Waals surface area contributed by atoms with Crippen molar-refractivity contribution >= 4 is 18.6 Å². The fraction of sp³-hybridized carbons (Fsp3) is 0.0625. The number of benzene rings is 2. The third kappa shape index (κ3) is 3.23. The van der Waals surface area contributed by atoms with Gasteiger partial charge in [-0.05, 0) is 18.2 Å². The Morgan fingerprint density at radius 1 is 0.923 bits per heavy atom. The van der Waals surface area contributed by atoms with E-state index in [1.807, 2.05) is 0 Å². The molecule has 0 spiro atoms. The van der Waals surface area contributed by atoms with Crippen LogP contribution in [0.5, 0.6) is 23.0 Å². The van der Waals surface area contributed by atoms with Gasteiger partial charge in [0.25, 0.3) is 0 Å². The van der Waals surface area contributed by atoms with Gasteiger partial charge in [-0.3, -0.25) is 9.36 Å². The van der Waals surface area contributed by atoms with E-state index >= 15 is 0 Å². The Labute approximate surface area is 145 Å². The number of phenols is 4. The second-order valence-electron chi connectivity index (χ2n) is 5.60. The summed E-state index contributed by atoms with van der Waals surface area (Å²) in [7, 11) is -4.69. The topological polar surface area (TPSA) is 169 Å². The van der Waals surface area contributed by atoms with Crippen molar-refractivity contribution in [1.82, 2.24) is 0 Å². The zero-order chi connectivity index (χ0) is 19.2. The Bertz CT molecular complexity index is 1130. The molecule has 0 aliphatic rings. The molecular formula is C16H13O9P. The Morgan fingerprint density at radius 2 is 1.62 bits per heavy atom. The molecule has 0 saturated heterocycles. The number of phenolic OH excluding ortho intramolecular Hbond substituents is 4. The normalized spacial score (nSPS) is 11.8. The summed E-state index contributed by atoms with van der Waals surface area (Å²) in [5.74, 6) is -2.25. The van der Waals surface area contributed by atoms with Crippen LogP contribution in [0.2, 0.25) is 0 Å². The van der Waals surface area contributed by atoms with E-state index < -0.39 is 42.0 Å². The molecule has 3 aromatic rings. The third-order valence-corrected chi connectivity index (χ3v) is 4.38. The Hall–Kier alpha value is -3.00. The minimum atomic E-state index is -4.69. The van der Waals surface area contributed by atoms with Gasteiger partial charge in [0.2, 0.25) is 5.43 Å². The lowest BCUT2D eigenvalue weighted by atomic mass is 10.0. The van der Waals surface area contributed by atoms with Gasteiger partial charge in [0.1, 0.15) is 28.2 Å². The van der Waals surface area contributed by atoms with Gasteiger partial charge in [0, 0.05) is 17.7 Å². The van der Waals surface area contributed by atoms with Gasteiger partial charge in [-0.15, -0.1) is 0 Å². The first-order valence-electron chi connectivity index (χ1n) is 7.15. The van der Waals surface area contributed by atoms with Crippen LogP contribution in [-0.2, 0) is 10.7 Å². The van der Waals surface area contributed by atoms with Gasteiger partial charge >= 0.3 is 7.60 Å². The molecule has 0 atom stereocenters. The van der Waals surface area contributed by atoms with Gasteiger partial charge in [-0.25, -0.2) is 0 Å². The standard InChI is InChI=1S/C16H13O9P/c17-8-4-12(20)14-13(5-8)25-16(7-1-2-10(18)11(19)3-7)9(15(14)21)6-26(22,23)24/h1-5,17-20H,6H2,(H2,22,23,24). The van der Waals surface area contributed by atoms with E-state index in [0.29, 0.717) is 0 Å². The van der Waals surface area contributed by atoms with Crippen molar-refractivity contribution in [2.75, 3.05) is 0 Å². The SMILES string of the molecule is O=c1c(CP(=O)(O)O)c(-c2ccc(O)c(O)c2)oc2cc(O)cc(O)c12. The first-order chi connectivity index (χ1) is 12.1. The highest BCUT2D eigenvalue weighted by atomic mass is 31.2. The summed E-state index contributed by atoms with van der Waals surface area (Å²) >= 11 is 0. The summed E-state index contributed by atoms with van der Waals surface area (Å²) in [5.41, 5.74) is -1.47. The van der Waals surface area contributed by atoms with Crippen molar-refractivity contribution in [3.8, 4) is 34.3 Å². The van der Waals surface area contributed by atoms with Gasteiger partial charge in [0.05, 0.1) is 11.7 Å². The molecule has 26 heavy (non-hydrogen) atoms. The van der Waals surface area contributed by atoms with Crippen LogP contribution in [0.1, 0.15) is 5.56 Å². The summed E-state index contributed by atoms with van der Waals surface area (Å²) < 4.78 is 17.0. The fourth-order valence-electron chi connectivity index (χ4n) is 2.57. The molecule has 0 bridgehead atoms. The molecule has 0 amide bonds. The maximum atomic E-state index is 12.7. The van der Waals surface area contributed by atoms with Gasteiger partial charge < -0.3 is 34.6 Å². The minimum Gasteiger partial charge on any atom is -0.508 e. The van der Waals surface area contributed by atoms with Crippen molar-refractivity contribution in [1.29, 1.82) is 0 Å². The molecule has 136 valence electrons. The van der Waals surface area contributed by atoms with E-state index in [9.17, 15) is 39.6 Å². The smallest absolute Gasteiger partial charge is 0.330 e. The van der Waals surface area contributed by atoms with Crippen molar-refractivity contribution < 1.29 is 39.2 Å². The molecular weight excluding hydrogens is 367 g/mol. The molecule has 0 unspecified atom stereocenters. The largest absolute Gasteiger partial charge is 0.508 e. The molecule has 0 saturated carbocycles. The molecule has 10 heteroatoms. The molecule has 6 N–H and O–H groups in total. The van der Waals surface area contributed by atoms with Crippen molar-refractivity contribution in [2.24, 2.45) is 0 Å². The van der Waals surface area contributed by atoms with E-state index in [0.717, 1.165) is 24.3 Å². The third-order valence-electron chi connectivity index (χ3n) is 3.66. The maximum Gasteiger partial charge on any atom is 0.330 e. The lowest BCUT2D eigenvalue weighted by Gasteiger charge is -2.12. The van der Waals surface area contributed by atoms with Crippen LogP contribution in [0.4, 0.5) is 0 Å². The predicted octanol–water partition coefficient (Wildman–Crippen LogP) is 1.96. The first-order valence-corrected chi connectivity index (χ1v) is 8.95. The van der Waals surface area contributed by atoms with Crippen LogP contribution in [0.15, 0.2) is 39.5 Å². The Morgan fingerprint density at radius 3 is 2.23 bits per heavy atom. The number of hydrogen-bond acceptors (Lipinski definition) is 7. The van der Waals surface area contributed by atoms with E-state index in [4.69, 9.17) is 4.42 Å². The van der Waals surface area contributed by atoms with Crippen molar-refractivity contribution in [2.45, 2.75) is 6.16 Å². The zero-order valence-corrected chi connectivity index (χ0v) is 13.8. The van der Waals surface area contributed by atoms with Gasteiger partial charge in [0.15, 0.2) is 11.5 Å². The van der Waals surface area contributed by atoms with E-state index in [-0.39, 0.29) is 28.0 Å². The maximum absolute atomic E-state index is 12.7. The van der Waals surface area contributed by atoms with Crippen molar-refractivity contribution in [3.05, 3.63) is 46.1 Å². The average molecular weight is 380 g/mol. The molecule has 2 aromatic carbocycles. The molecule has 9 nitrogen and oxygen atoms in total. The van der Waals surface area contributed by atoms with Crippen LogP contribution in [0, 0.1) is 0 Å². The second kappa shape index (κ2) is 6.06. The number of fused-ring (bicyclic) bond motifs is 1. The van der Waals surface area contributed by atoms with E-state index in [1.54, 1.807) is 0 Å². The highest BCUT2D eigenvalue weighted by molar-refractivity contribution is 7.50. The molecule has 1 heterocycles. The van der Waals surface area contributed by atoms with Crippen LogP contribution >= 0.6 is 7.60 Å². The van der Waals surface area contributed by atoms with Crippen molar-refractivity contribution in [3.63, 3.8) is 0 Å². The Balaban J connectivity index is 2.42. The predicted molar refractivity (Wildman–Crippen MR) is 90.3 cm³/mol. The van der Waals surface area contributed by atoms with Crippen LogP contribution < -0.4 is 5.43 Å². The zero-order valence-electron chi connectivity index (χ0n) is 12.9. The Kier molecular flexibility index (Phi) is 4.15. The van der Waals surface area contributed by atoms with E-state index in [2.05, 4.69) is 0 Å². The molecule has 3 rings (SSSR count). The number of hydrogen-bond donors (Lipinski definition) is 6. The molecule has 0 fully saturated rings. The average Bonchev–Trinajstić information content (AvgIpc) is 2.50. The fourth-order valence-corrected chi connectivity index (χ4v) is 3.27. The summed E-state index contributed by atoms with van der Waals surface area (Å²) in [6, 6.07) is 5.38. The second-order valence-corrected chi connectivity index (χ2v) is 7.25. The quantitative estimate of drug-likeness (QED) is 0.294. The molecule has 0 aliphatic carbocycles. The first kappa shape index (κ1) is 17.8. The lowest BCUT2D eigenvalue weighted by Crippen LogP contribution is -2.11. The lowest BCUT2D eigenvalue weighted by molar-refractivity contribution is 0.371. The number of rotatable bonds is 3. The van der Waals surface area contributed by atoms with Gasteiger partial charge in [-0.1, -0.05) is 0 Å². The van der Waals surface area contributed by atoms with Crippen LogP contribution in [0.25, 0.3) is 22.3 Å². The monoisotopic (exact) mass is 380 g/mol. The van der Waals surface area contributed by atoms with Gasteiger partial charge in [-0.2, -0.15) is 0 Å². The molecule has 1 aromatic heterocycles. The minimum absolute atomic E-state index is 0.0607. The van der Waals surface area contributed by atoms with E-state index in [1.165, 1.54) is 6.07 Å². The molecule has 0 aliphatic heterocycles. The number of aromatic hydroxyl groups is 4.